The first-order valence-corrected chi connectivity index (χ1v) is 12.4. The molecule has 10 heteroatoms. The average molecular weight is 436 g/mol. The third-order valence-corrected chi connectivity index (χ3v) is 8.03. The molecule has 0 atom stereocenters. The summed E-state index contributed by atoms with van der Waals surface area (Å²) in [7, 11) is -3.38. The van der Waals surface area contributed by atoms with Crippen LogP contribution in [0.4, 0.5) is 0 Å². The molecular formula is C19H25N5O3S2. The fourth-order valence-electron chi connectivity index (χ4n) is 3.51. The van der Waals surface area contributed by atoms with E-state index >= 15 is 0 Å². The van der Waals surface area contributed by atoms with E-state index in [2.05, 4.69) is 14.8 Å². The highest BCUT2D eigenvalue weighted by Gasteiger charge is 2.31. The third kappa shape index (κ3) is 4.81. The molecule has 8 nitrogen and oxygen atoms in total. The fraction of sp³-hybridized carbons (Fsp3) is 0.526. The van der Waals surface area contributed by atoms with Crippen molar-refractivity contribution in [3.8, 4) is 0 Å². The molecule has 2 heterocycles. The van der Waals surface area contributed by atoms with Gasteiger partial charge in [-0.1, -0.05) is 42.1 Å². The molecule has 2 aliphatic rings. The number of carbonyl (C=O) groups excluding carboxylic acids is 1. The number of hydrogen-bond donors (Lipinski definition) is 0. The van der Waals surface area contributed by atoms with Crippen molar-refractivity contribution in [1.29, 1.82) is 0 Å². The Bertz CT molecular complexity index is 965. The van der Waals surface area contributed by atoms with Gasteiger partial charge in [-0.05, 0) is 25.3 Å². The second-order valence-electron chi connectivity index (χ2n) is 7.44. The number of piperazine rings is 1. The Morgan fingerprint density at radius 1 is 1.10 bits per heavy atom. The summed E-state index contributed by atoms with van der Waals surface area (Å²) in [5.74, 6) is 1.19. The quantitative estimate of drug-likeness (QED) is 0.615. The van der Waals surface area contributed by atoms with Crippen LogP contribution in [-0.2, 0) is 20.6 Å². The summed E-state index contributed by atoms with van der Waals surface area (Å²) in [6, 6.07) is 9.65. The van der Waals surface area contributed by atoms with Gasteiger partial charge in [-0.15, -0.1) is 10.2 Å². The topological polar surface area (TPSA) is 88.4 Å². The van der Waals surface area contributed by atoms with E-state index in [-0.39, 0.29) is 11.7 Å². The van der Waals surface area contributed by atoms with Gasteiger partial charge in [0.1, 0.15) is 5.82 Å². The molecule has 0 radical (unpaired) electrons. The Labute approximate surface area is 175 Å². The van der Waals surface area contributed by atoms with Crippen molar-refractivity contribution in [2.24, 2.45) is 0 Å². The molecule has 1 saturated carbocycles. The van der Waals surface area contributed by atoms with Gasteiger partial charge in [0.05, 0.1) is 11.5 Å². The lowest BCUT2D eigenvalue weighted by Crippen LogP contribution is -2.51. The Balaban J connectivity index is 1.28. The smallest absolute Gasteiger partial charge is 0.233 e. The molecule has 1 amide bonds. The van der Waals surface area contributed by atoms with Gasteiger partial charge in [-0.2, -0.15) is 4.31 Å². The largest absolute Gasteiger partial charge is 0.339 e. The number of hydrogen-bond acceptors (Lipinski definition) is 6. The summed E-state index contributed by atoms with van der Waals surface area (Å²) < 4.78 is 28.9. The van der Waals surface area contributed by atoms with Crippen molar-refractivity contribution < 1.29 is 13.2 Å². The monoisotopic (exact) mass is 435 g/mol. The van der Waals surface area contributed by atoms with E-state index in [1.165, 1.54) is 16.1 Å². The van der Waals surface area contributed by atoms with Crippen molar-refractivity contribution in [2.45, 2.75) is 36.7 Å². The minimum absolute atomic E-state index is 0.00614. The second kappa shape index (κ2) is 8.45. The highest BCUT2D eigenvalue weighted by molar-refractivity contribution is 7.99. The molecule has 29 heavy (non-hydrogen) atoms. The van der Waals surface area contributed by atoms with Gasteiger partial charge in [0.15, 0.2) is 5.16 Å². The van der Waals surface area contributed by atoms with Gasteiger partial charge in [-0.25, -0.2) is 8.42 Å². The lowest BCUT2D eigenvalue weighted by molar-refractivity contribution is -0.129. The van der Waals surface area contributed by atoms with Gasteiger partial charge >= 0.3 is 0 Å². The Morgan fingerprint density at radius 2 is 1.79 bits per heavy atom. The first-order chi connectivity index (χ1) is 13.9. The summed E-state index contributed by atoms with van der Waals surface area (Å²) in [6.07, 6.45) is 2.28. The summed E-state index contributed by atoms with van der Waals surface area (Å²) in [6.45, 7) is 3.45. The Hall–Kier alpha value is -1.91. The molecule has 2 aromatic rings. The molecule has 156 valence electrons. The molecule has 0 bridgehead atoms. The van der Waals surface area contributed by atoms with Crippen LogP contribution in [0.1, 0.15) is 30.3 Å². The van der Waals surface area contributed by atoms with Crippen LogP contribution in [0.2, 0.25) is 0 Å². The molecule has 0 unspecified atom stereocenters. The van der Waals surface area contributed by atoms with E-state index in [0.29, 0.717) is 38.0 Å². The van der Waals surface area contributed by atoms with Crippen LogP contribution in [-0.4, -0.2) is 70.2 Å². The predicted octanol–water partition coefficient (Wildman–Crippen LogP) is 1.69. The molecular weight excluding hydrogens is 410 g/mol. The number of nitrogens with zero attached hydrogens (tertiary/aromatic N) is 5. The number of aromatic nitrogens is 3. The zero-order valence-corrected chi connectivity index (χ0v) is 18.0. The number of benzene rings is 1. The normalized spacial score (nSPS) is 18.2. The van der Waals surface area contributed by atoms with E-state index < -0.39 is 10.0 Å². The van der Waals surface area contributed by atoms with Crippen LogP contribution < -0.4 is 0 Å². The summed E-state index contributed by atoms with van der Waals surface area (Å²) in [4.78, 5) is 14.3. The van der Waals surface area contributed by atoms with E-state index in [9.17, 15) is 13.2 Å². The Morgan fingerprint density at radius 3 is 2.45 bits per heavy atom. The number of thioether (sulfide) groups is 1. The zero-order valence-electron chi connectivity index (χ0n) is 16.4. The summed E-state index contributed by atoms with van der Waals surface area (Å²) in [5, 5.41) is 9.12. The number of aryl methyl sites for hydroxylation is 1. The van der Waals surface area contributed by atoms with E-state index in [0.717, 1.165) is 29.4 Å². The van der Waals surface area contributed by atoms with Crippen LogP contribution in [0.3, 0.4) is 0 Å². The SMILES string of the molecule is Cc1nnc(SCC(=O)N2CCN(S(=O)(=O)Cc3ccccc3)CC2)n1C1CC1. The highest BCUT2D eigenvalue weighted by atomic mass is 32.2. The second-order valence-corrected chi connectivity index (χ2v) is 10.4. The molecule has 2 fully saturated rings. The summed E-state index contributed by atoms with van der Waals surface area (Å²) >= 11 is 1.41. The zero-order chi connectivity index (χ0) is 20.4. The standard InChI is InChI=1S/C19H25N5O3S2/c1-15-20-21-19(24(15)17-7-8-17)28-13-18(25)22-9-11-23(12-10-22)29(26,27)14-16-5-3-2-4-6-16/h2-6,17H,7-14H2,1H3. The van der Waals surface area contributed by atoms with Gasteiger partial charge in [0, 0.05) is 32.2 Å². The minimum Gasteiger partial charge on any atom is -0.339 e. The van der Waals surface area contributed by atoms with Crippen molar-refractivity contribution in [2.75, 3.05) is 31.9 Å². The van der Waals surface area contributed by atoms with E-state index in [1.807, 2.05) is 37.3 Å². The first kappa shape index (κ1) is 20.4. The molecule has 0 spiro atoms. The van der Waals surface area contributed by atoms with Gasteiger partial charge in [0.2, 0.25) is 15.9 Å². The van der Waals surface area contributed by atoms with E-state index in [1.54, 1.807) is 4.90 Å². The lowest BCUT2D eigenvalue weighted by atomic mass is 10.2. The molecule has 1 aromatic carbocycles. The molecule has 1 aliphatic heterocycles. The lowest BCUT2D eigenvalue weighted by Gasteiger charge is -2.34. The number of amides is 1. The molecule has 1 aromatic heterocycles. The van der Waals surface area contributed by atoms with Crippen LogP contribution in [0.15, 0.2) is 35.5 Å². The Kier molecular flexibility index (Phi) is 5.93. The molecule has 1 saturated heterocycles. The minimum atomic E-state index is -3.38. The van der Waals surface area contributed by atoms with E-state index in [4.69, 9.17) is 0 Å². The summed E-state index contributed by atoms with van der Waals surface area (Å²) in [5.41, 5.74) is 0.775. The highest BCUT2D eigenvalue weighted by Crippen LogP contribution is 2.38. The van der Waals surface area contributed by atoms with Crippen LogP contribution in [0.25, 0.3) is 0 Å². The van der Waals surface area contributed by atoms with Crippen LogP contribution >= 0.6 is 11.8 Å². The maximum atomic E-state index is 12.7. The van der Waals surface area contributed by atoms with Crippen molar-refractivity contribution in [1.82, 2.24) is 24.0 Å². The van der Waals surface area contributed by atoms with Gasteiger partial charge < -0.3 is 9.47 Å². The average Bonchev–Trinajstić information content (AvgIpc) is 3.49. The fourth-order valence-corrected chi connectivity index (χ4v) is 5.98. The number of carbonyl (C=O) groups is 1. The van der Waals surface area contributed by atoms with Gasteiger partial charge in [-0.3, -0.25) is 4.79 Å². The van der Waals surface area contributed by atoms with Crippen molar-refractivity contribution in [3.63, 3.8) is 0 Å². The maximum Gasteiger partial charge on any atom is 0.233 e. The van der Waals surface area contributed by atoms with Crippen LogP contribution in [0.5, 0.6) is 0 Å². The number of sulfonamides is 1. The molecule has 1 aliphatic carbocycles. The number of rotatable bonds is 7. The third-order valence-electron chi connectivity index (χ3n) is 5.25. The molecule has 4 rings (SSSR count). The van der Waals surface area contributed by atoms with Gasteiger partial charge in [0.25, 0.3) is 0 Å². The van der Waals surface area contributed by atoms with Crippen molar-refractivity contribution in [3.05, 3.63) is 41.7 Å². The first-order valence-electron chi connectivity index (χ1n) is 9.78. The van der Waals surface area contributed by atoms with Crippen molar-refractivity contribution >= 4 is 27.7 Å². The van der Waals surface area contributed by atoms with Crippen LogP contribution in [0, 0.1) is 6.92 Å². The maximum absolute atomic E-state index is 12.7. The predicted molar refractivity (Wildman–Crippen MR) is 111 cm³/mol. The molecule has 0 N–H and O–H groups in total.